The largest absolute Gasteiger partial charge is 0.497 e. The first-order valence-electron chi connectivity index (χ1n) is 8.64. The minimum atomic E-state index is -0.124. The molecule has 3 N–H and O–H groups in total. The van der Waals surface area contributed by atoms with E-state index in [1.807, 2.05) is 24.3 Å². The van der Waals surface area contributed by atoms with Crippen molar-refractivity contribution in [2.75, 3.05) is 30.8 Å². The zero-order chi connectivity index (χ0) is 18.9. The van der Waals surface area contributed by atoms with Gasteiger partial charge in [-0.3, -0.25) is 9.59 Å². The second kappa shape index (κ2) is 9.58. The summed E-state index contributed by atoms with van der Waals surface area (Å²) in [7, 11) is 1.65. The molecule has 1 atom stereocenters. The first-order valence-corrected chi connectivity index (χ1v) is 8.64. The van der Waals surface area contributed by atoms with E-state index in [0.717, 1.165) is 29.3 Å². The van der Waals surface area contributed by atoms with Gasteiger partial charge < -0.3 is 20.3 Å². The molecule has 1 unspecified atom stereocenters. The van der Waals surface area contributed by atoms with Crippen LogP contribution >= 0.6 is 0 Å². The smallest absolute Gasteiger partial charge is 0.279 e. The van der Waals surface area contributed by atoms with Crippen molar-refractivity contribution in [1.29, 1.82) is 0 Å². The maximum atomic E-state index is 12.3. The number of carbonyl (C=O) groups excluding carboxylic acids is 2. The summed E-state index contributed by atoms with van der Waals surface area (Å²) in [6, 6.07) is 15.0. The summed E-state index contributed by atoms with van der Waals surface area (Å²) in [6.45, 7) is 5.49. The number of likely N-dealkylation sites (N-methyl/N-ethyl adjacent to an activating group) is 1. The Labute approximate surface area is 154 Å². The highest BCUT2D eigenvalue weighted by Gasteiger charge is 2.14. The monoisotopic (exact) mass is 356 g/mol. The fourth-order valence-electron chi connectivity index (χ4n) is 2.66. The van der Waals surface area contributed by atoms with Crippen LogP contribution in [0.15, 0.2) is 48.5 Å². The highest BCUT2D eigenvalue weighted by atomic mass is 16.5. The van der Waals surface area contributed by atoms with Crippen LogP contribution in [0.2, 0.25) is 0 Å². The number of methoxy groups -OCH3 is 1. The topological polar surface area (TPSA) is 71.9 Å². The molecule has 2 aromatic rings. The minimum Gasteiger partial charge on any atom is -0.497 e. The number of benzene rings is 2. The van der Waals surface area contributed by atoms with Crippen LogP contribution < -0.4 is 20.3 Å². The lowest BCUT2D eigenvalue weighted by Crippen LogP contribution is -3.11. The number of anilines is 2. The molecule has 0 saturated carbocycles. The van der Waals surface area contributed by atoms with Crippen LogP contribution in [0.5, 0.6) is 5.75 Å². The Hall–Kier alpha value is -2.86. The lowest BCUT2D eigenvalue weighted by atomic mass is 10.2. The van der Waals surface area contributed by atoms with Gasteiger partial charge in [-0.1, -0.05) is 12.1 Å². The molecule has 2 rings (SSSR count). The summed E-state index contributed by atoms with van der Waals surface area (Å²) in [5.74, 6) is 0.653. The van der Waals surface area contributed by atoms with E-state index in [9.17, 15) is 9.59 Å². The molecule has 2 aromatic carbocycles. The van der Waals surface area contributed by atoms with Gasteiger partial charge in [-0.05, 0) is 43.3 Å². The van der Waals surface area contributed by atoms with Gasteiger partial charge in [0.1, 0.15) is 12.3 Å². The number of quaternary nitrogens is 1. The Morgan fingerprint density at radius 3 is 2.27 bits per heavy atom. The first-order chi connectivity index (χ1) is 12.5. The van der Waals surface area contributed by atoms with Gasteiger partial charge in [-0.2, -0.15) is 0 Å². The molecule has 0 aliphatic carbocycles. The van der Waals surface area contributed by atoms with Crippen molar-refractivity contribution in [3.63, 3.8) is 0 Å². The second-order valence-electron chi connectivity index (χ2n) is 6.12. The lowest BCUT2D eigenvalue weighted by molar-refractivity contribution is -0.903. The van der Waals surface area contributed by atoms with Crippen LogP contribution in [-0.2, 0) is 16.1 Å². The zero-order valence-corrected chi connectivity index (χ0v) is 15.5. The van der Waals surface area contributed by atoms with Gasteiger partial charge in [-0.15, -0.1) is 0 Å². The van der Waals surface area contributed by atoms with Crippen molar-refractivity contribution in [3.8, 4) is 5.75 Å². The molecule has 0 fully saturated rings. The maximum Gasteiger partial charge on any atom is 0.279 e. The van der Waals surface area contributed by atoms with E-state index >= 15 is 0 Å². The van der Waals surface area contributed by atoms with E-state index in [-0.39, 0.29) is 11.8 Å². The van der Waals surface area contributed by atoms with Crippen LogP contribution in [0.25, 0.3) is 0 Å². The number of hydrogen-bond acceptors (Lipinski definition) is 3. The average Bonchev–Trinajstić information content (AvgIpc) is 2.62. The van der Waals surface area contributed by atoms with Gasteiger partial charge in [0.25, 0.3) is 5.91 Å². The zero-order valence-electron chi connectivity index (χ0n) is 15.5. The van der Waals surface area contributed by atoms with Gasteiger partial charge in [0, 0.05) is 23.9 Å². The summed E-state index contributed by atoms with van der Waals surface area (Å²) in [5.41, 5.74) is 2.55. The van der Waals surface area contributed by atoms with Crippen LogP contribution in [0.4, 0.5) is 11.4 Å². The predicted octanol–water partition coefficient (Wildman–Crippen LogP) is 1.70. The van der Waals surface area contributed by atoms with Crippen LogP contribution in [0.1, 0.15) is 19.4 Å². The maximum absolute atomic E-state index is 12.3. The van der Waals surface area contributed by atoms with Crippen molar-refractivity contribution >= 4 is 23.2 Å². The molecule has 0 aromatic heterocycles. The SMILES string of the molecule is CC[NH+](CC(=O)Nc1ccc(NC(C)=O)cc1)Cc1cccc(OC)c1. The normalized spacial score (nSPS) is 11.5. The van der Waals surface area contributed by atoms with E-state index < -0.39 is 0 Å². The summed E-state index contributed by atoms with van der Waals surface area (Å²) in [5, 5.41) is 5.60. The molecule has 0 bridgehead atoms. The molecule has 138 valence electrons. The third kappa shape index (κ3) is 6.22. The fraction of sp³-hybridized carbons (Fsp3) is 0.300. The quantitative estimate of drug-likeness (QED) is 0.674. The van der Waals surface area contributed by atoms with E-state index in [0.29, 0.717) is 17.9 Å². The van der Waals surface area contributed by atoms with E-state index in [2.05, 4.69) is 17.6 Å². The van der Waals surface area contributed by atoms with Gasteiger partial charge >= 0.3 is 0 Å². The standard InChI is InChI=1S/C20H25N3O3/c1-4-23(13-16-6-5-7-19(12-16)26-3)14-20(25)22-18-10-8-17(9-11-18)21-15(2)24/h5-12H,4,13-14H2,1-3H3,(H,21,24)(H,22,25)/p+1. The van der Waals surface area contributed by atoms with Gasteiger partial charge in [0.15, 0.2) is 6.54 Å². The highest BCUT2D eigenvalue weighted by Crippen LogP contribution is 2.13. The number of nitrogens with one attached hydrogen (secondary N) is 3. The highest BCUT2D eigenvalue weighted by molar-refractivity contribution is 5.92. The molecule has 0 spiro atoms. The minimum absolute atomic E-state index is 0.0444. The molecule has 0 aliphatic heterocycles. The van der Waals surface area contributed by atoms with E-state index in [4.69, 9.17) is 4.74 Å². The Balaban J connectivity index is 1.90. The second-order valence-corrected chi connectivity index (χ2v) is 6.12. The number of hydrogen-bond donors (Lipinski definition) is 3. The number of carbonyl (C=O) groups is 2. The lowest BCUT2D eigenvalue weighted by Gasteiger charge is -2.17. The van der Waals surface area contributed by atoms with Gasteiger partial charge in [0.2, 0.25) is 5.91 Å². The van der Waals surface area contributed by atoms with Crippen LogP contribution in [0, 0.1) is 0 Å². The first kappa shape index (κ1) is 19.5. The third-order valence-electron chi connectivity index (χ3n) is 3.99. The number of rotatable bonds is 8. The van der Waals surface area contributed by atoms with Crippen molar-refractivity contribution in [2.45, 2.75) is 20.4 Å². The third-order valence-corrected chi connectivity index (χ3v) is 3.99. The molecule has 0 radical (unpaired) electrons. The molecule has 0 saturated heterocycles. The molecule has 26 heavy (non-hydrogen) atoms. The Bertz CT molecular complexity index is 744. The molecule has 6 heteroatoms. The summed E-state index contributed by atoms with van der Waals surface area (Å²) in [6.07, 6.45) is 0. The summed E-state index contributed by atoms with van der Waals surface area (Å²) < 4.78 is 5.25. The average molecular weight is 356 g/mol. The molecule has 0 heterocycles. The Morgan fingerprint density at radius 2 is 1.69 bits per heavy atom. The molecule has 6 nitrogen and oxygen atoms in total. The predicted molar refractivity (Wildman–Crippen MR) is 102 cm³/mol. The number of ether oxygens (including phenoxy) is 1. The number of amides is 2. The van der Waals surface area contributed by atoms with Crippen molar-refractivity contribution in [1.82, 2.24) is 0 Å². The van der Waals surface area contributed by atoms with Crippen LogP contribution in [-0.4, -0.2) is 32.0 Å². The van der Waals surface area contributed by atoms with Crippen LogP contribution in [0.3, 0.4) is 0 Å². The van der Waals surface area contributed by atoms with Crippen molar-refractivity contribution in [2.24, 2.45) is 0 Å². The van der Waals surface area contributed by atoms with Gasteiger partial charge in [-0.25, -0.2) is 0 Å². The molecular weight excluding hydrogens is 330 g/mol. The molecule has 0 aliphatic rings. The van der Waals surface area contributed by atoms with Crippen molar-refractivity contribution in [3.05, 3.63) is 54.1 Å². The Morgan fingerprint density at radius 1 is 1.04 bits per heavy atom. The molecule has 2 amide bonds. The summed E-state index contributed by atoms with van der Waals surface area (Å²) in [4.78, 5) is 24.5. The Kier molecular flexibility index (Phi) is 7.17. The fourth-order valence-corrected chi connectivity index (χ4v) is 2.66. The van der Waals surface area contributed by atoms with Crippen molar-refractivity contribution < 1.29 is 19.2 Å². The summed E-state index contributed by atoms with van der Waals surface area (Å²) >= 11 is 0. The van der Waals surface area contributed by atoms with E-state index in [1.165, 1.54) is 6.92 Å². The molecular formula is C20H26N3O3+. The van der Waals surface area contributed by atoms with E-state index in [1.54, 1.807) is 31.4 Å². The van der Waals surface area contributed by atoms with Gasteiger partial charge in [0.05, 0.1) is 13.7 Å².